The lowest BCUT2D eigenvalue weighted by Crippen LogP contribution is -2.41. The Balaban J connectivity index is 0.00000200. The van der Waals surface area contributed by atoms with Gasteiger partial charge in [0.2, 0.25) is 5.91 Å². The molecule has 1 atom stereocenters. The van der Waals surface area contributed by atoms with Gasteiger partial charge in [0, 0.05) is 30.8 Å². The maximum atomic E-state index is 12.0. The summed E-state index contributed by atoms with van der Waals surface area (Å²) in [6, 6.07) is 6.89. The predicted octanol–water partition coefficient (Wildman–Crippen LogP) is 1.53. The molecule has 2 amide bonds. The average Bonchev–Trinajstić information content (AvgIpc) is 3.20. The fourth-order valence-electron chi connectivity index (χ4n) is 2.03. The zero-order chi connectivity index (χ0) is 13.8. The molecule has 0 spiro atoms. The maximum Gasteiger partial charge on any atom is 0.251 e. The highest BCUT2D eigenvalue weighted by molar-refractivity contribution is 5.95. The lowest BCUT2D eigenvalue weighted by Gasteiger charge is -2.16. The van der Waals surface area contributed by atoms with Gasteiger partial charge in [-0.15, -0.1) is 12.4 Å². The van der Waals surface area contributed by atoms with Crippen molar-refractivity contribution >= 4 is 29.9 Å². The maximum absolute atomic E-state index is 12.0. The Bertz CT molecular complexity index is 472. The van der Waals surface area contributed by atoms with Gasteiger partial charge in [-0.1, -0.05) is 0 Å². The van der Waals surface area contributed by atoms with Gasteiger partial charge >= 0.3 is 0 Å². The summed E-state index contributed by atoms with van der Waals surface area (Å²) < 4.78 is 0. The summed E-state index contributed by atoms with van der Waals surface area (Å²) in [5.74, 6) is 0.290. The summed E-state index contributed by atoms with van der Waals surface area (Å²) in [4.78, 5) is 22.9. The molecule has 0 aromatic heterocycles. The van der Waals surface area contributed by atoms with Crippen molar-refractivity contribution in [2.24, 2.45) is 11.7 Å². The first-order valence-corrected chi connectivity index (χ1v) is 6.48. The van der Waals surface area contributed by atoms with Crippen molar-refractivity contribution in [1.29, 1.82) is 0 Å². The van der Waals surface area contributed by atoms with Crippen LogP contribution in [0.5, 0.6) is 0 Å². The first-order valence-electron chi connectivity index (χ1n) is 6.48. The molecular formula is C14H20ClN3O2. The molecule has 1 fully saturated rings. The van der Waals surface area contributed by atoms with Crippen LogP contribution in [0, 0.1) is 5.92 Å². The zero-order valence-electron chi connectivity index (χ0n) is 11.4. The third kappa shape index (κ3) is 4.51. The van der Waals surface area contributed by atoms with Crippen LogP contribution in [0.25, 0.3) is 0 Å². The quantitative estimate of drug-likeness (QED) is 0.770. The zero-order valence-corrected chi connectivity index (χ0v) is 12.2. The van der Waals surface area contributed by atoms with Gasteiger partial charge in [0.15, 0.2) is 0 Å². The summed E-state index contributed by atoms with van der Waals surface area (Å²) in [7, 11) is 0. The van der Waals surface area contributed by atoms with E-state index >= 15 is 0 Å². The number of halogens is 1. The van der Waals surface area contributed by atoms with Gasteiger partial charge in [0.1, 0.15) is 0 Å². The first-order chi connectivity index (χ1) is 9.10. The van der Waals surface area contributed by atoms with Gasteiger partial charge in [0.05, 0.1) is 0 Å². The van der Waals surface area contributed by atoms with Crippen LogP contribution in [0.3, 0.4) is 0 Å². The number of hydrogen-bond donors (Lipinski definition) is 3. The van der Waals surface area contributed by atoms with E-state index in [0.29, 0.717) is 23.7 Å². The number of amides is 2. The fraction of sp³-hybridized carbons (Fsp3) is 0.429. The van der Waals surface area contributed by atoms with E-state index in [9.17, 15) is 9.59 Å². The van der Waals surface area contributed by atoms with Crippen molar-refractivity contribution in [1.82, 2.24) is 5.32 Å². The minimum absolute atomic E-state index is 0. The normalized spacial score (nSPS) is 14.9. The number of carbonyl (C=O) groups excluding carboxylic acids is 2. The Morgan fingerprint density at radius 1 is 1.30 bits per heavy atom. The third-order valence-corrected chi connectivity index (χ3v) is 3.23. The molecule has 1 aromatic carbocycles. The Morgan fingerprint density at radius 3 is 2.35 bits per heavy atom. The number of nitrogens with two attached hydrogens (primary N) is 1. The summed E-state index contributed by atoms with van der Waals surface area (Å²) >= 11 is 0. The molecule has 1 aromatic rings. The van der Waals surface area contributed by atoms with Gasteiger partial charge in [-0.2, -0.15) is 0 Å². The molecule has 0 aliphatic heterocycles. The number of rotatable bonds is 5. The van der Waals surface area contributed by atoms with Crippen LogP contribution in [0.2, 0.25) is 0 Å². The van der Waals surface area contributed by atoms with Crippen LogP contribution in [0.4, 0.5) is 5.69 Å². The Morgan fingerprint density at radius 2 is 1.90 bits per heavy atom. The summed E-state index contributed by atoms with van der Waals surface area (Å²) in [5.41, 5.74) is 6.92. The largest absolute Gasteiger partial charge is 0.348 e. The highest BCUT2D eigenvalue weighted by Gasteiger charge is 2.31. The van der Waals surface area contributed by atoms with E-state index in [4.69, 9.17) is 5.73 Å². The molecule has 0 radical (unpaired) electrons. The van der Waals surface area contributed by atoms with Crippen LogP contribution in [-0.4, -0.2) is 24.4 Å². The Kier molecular flexibility index (Phi) is 5.98. The molecule has 2 rings (SSSR count). The van der Waals surface area contributed by atoms with Crippen molar-refractivity contribution in [3.8, 4) is 0 Å². The van der Waals surface area contributed by atoms with Crippen LogP contribution in [0.15, 0.2) is 24.3 Å². The van der Waals surface area contributed by atoms with Crippen molar-refractivity contribution in [3.05, 3.63) is 29.8 Å². The van der Waals surface area contributed by atoms with Crippen LogP contribution >= 0.6 is 12.4 Å². The van der Waals surface area contributed by atoms with E-state index in [2.05, 4.69) is 10.6 Å². The smallest absolute Gasteiger partial charge is 0.251 e. The van der Waals surface area contributed by atoms with Gasteiger partial charge in [-0.25, -0.2) is 0 Å². The lowest BCUT2D eigenvalue weighted by atomic mass is 10.1. The van der Waals surface area contributed by atoms with Crippen molar-refractivity contribution in [2.75, 3.05) is 11.9 Å². The van der Waals surface area contributed by atoms with E-state index in [1.165, 1.54) is 6.92 Å². The standard InChI is InChI=1S/C14H19N3O2.ClH/c1-9(18)16-12-6-4-11(5-7-12)14(19)17-13(8-15)10-2-3-10;/h4-7,10,13H,2-3,8,15H2,1H3,(H,16,18)(H,17,19);1H. The molecule has 4 N–H and O–H groups in total. The number of carbonyl (C=O) groups is 2. The van der Waals surface area contributed by atoms with E-state index in [0.717, 1.165) is 12.8 Å². The molecule has 1 unspecified atom stereocenters. The summed E-state index contributed by atoms with van der Waals surface area (Å²) in [5, 5.41) is 5.61. The monoisotopic (exact) mass is 297 g/mol. The Labute approximate surface area is 124 Å². The second-order valence-electron chi connectivity index (χ2n) is 4.91. The van der Waals surface area contributed by atoms with E-state index in [1.807, 2.05) is 0 Å². The number of hydrogen-bond acceptors (Lipinski definition) is 3. The second kappa shape index (κ2) is 7.26. The molecule has 1 saturated carbocycles. The van der Waals surface area contributed by atoms with E-state index in [-0.39, 0.29) is 30.3 Å². The summed E-state index contributed by atoms with van der Waals surface area (Å²) in [6.45, 7) is 1.92. The van der Waals surface area contributed by atoms with Gasteiger partial charge in [-0.3, -0.25) is 9.59 Å². The van der Waals surface area contributed by atoms with Gasteiger partial charge in [0.25, 0.3) is 5.91 Å². The van der Waals surface area contributed by atoms with Gasteiger partial charge in [-0.05, 0) is 43.0 Å². The summed E-state index contributed by atoms with van der Waals surface area (Å²) in [6.07, 6.45) is 2.28. The minimum atomic E-state index is -0.130. The highest BCUT2D eigenvalue weighted by atomic mass is 35.5. The molecule has 20 heavy (non-hydrogen) atoms. The SMILES string of the molecule is CC(=O)Nc1ccc(C(=O)NC(CN)C2CC2)cc1.Cl. The molecule has 1 aliphatic carbocycles. The van der Waals surface area contributed by atoms with Crippen molar-refractivity contribution < 1.29 is 9.59 Å². The van der Waals surface area contributed by atoms with Crippen molar-refractivity contribution in [2.45, 2.75) is 25.8 Å². The van der Waals surface area contributed by atoms with Crippen molar-refractivity contribution in [3.63, 3.8) is 0 Å². The van der Waals surface area contributed by atoms with E-state index < -0.39 is 0 Å². The van der Waals surface area contributed by atoms with E-state index in [1.54, 1.807) is 24.3 Å². The molecule has 5 nitrogen and oxygen atoms in total. The molecule has 0 heterocycles. The molecule has 0 bridgehead atoms. The minimum Gasteiger partial charge on any atom is -0.348 e. The Hall–Kier alpha value is -1.59. The predicted molar refractivity (Wildman–Crippen MR) is 81.0 cm³/mol. The second-order valence-corrected chi connectivity index (χ2v) is 4.91. The number of benzene rings is 1. The topological polar surface area (TPSA) is 84.2 Å². The van der Waals surface area contributed by atoms with Gasteiger partial charge < -0.3 is 16.4 Å². The number of nitrogens with one attached hydrogen (secondary N) is 2. The lowest BCUT2D eigenvalue weighted by molar-refractivity contribution is -0.114. The molecule has 1 aliphatic rings. The molecular weight excluding hydrogens is 278 g/mol. The third-order valence-electron chi connectivity index (χ3n) is 3.23. The van der Waals surface area contributed by atoms with Crippen LogP contribution < -0.4 is 16.4 Å². The van der Waals surface area contributed by atoms with Crippen LogP contribution in [-0.2, 0) is 4.79 Å². The number of anilines is 1. The molecule has 110 valence electrons. The first kappa shape index (κ1) is 16.5. The fourth-order valence-corrected chi connectivity index (χ4v) is 2.03. The van der Waals surface area contributed by atoms with Crippen LogP contribution in [0.1, 0.15) is 30.1 Å². The average molecular weight is 298 g/mol. The molecule has 0 saturated heterocycles. The highest BCUT2D eigenvalue weighted by Crippen LogP contribution is 2.32. The molecule has 6 heteroatoms.